The molecule has 0 fully saturated rings. The highest BCUT2D eigenvalue weighted by Gasteiger charge is 2.24. The van der Waals surface area contributed by atoms with Crippen molar-refractivity contribution in [3.8, 4) is 0 Å². The van der Waals surface area contributed by atoms with E-state index in [-0.39, 0.29) is 10.8 Å². The predicted molar refractivity (Wildman–Crippen MR) is 90.2 cm³/mol. The van der Waals surface area contributed by atoms with Gasteiger partial charge in [-0.1, -0.05) is 48.2 Å². The van der Waals surface area contributed by atoms with Crippen LogP contribution in [0.3, 0.4) is 0 Å². The van der Waals surface area contributed by atoms with Gasteiger partial charge in [-0.25, -0.2) is 4.98 Å². The van der Waals surface area contributed by atoms with Crippen LogP contribution in [0.1, 0.15) is 11.7 Å². The minimum atomic E-state index is -0.813. The Balaban J connectivity index is 1.95. The Morgan fingerprint density at radius 2 is 1.92 bits per heavy atom. The van der Waals surface area contributed by atoms with E-state index < -0.39 is 22.3 Å². The molecule has 122 valence electrons. The fraction of sp³-hybridized carbons (Fsp3) is 0.125. The van der Waals surface area contributed by atoms with Crippen molar-refractivity contribution in [2.75, 3.05) is 5.75 Å². The monoisotopic (exact) mass is 343 g/mol. The molecule has 0 saturated carbocycles. The number of aliphatic hydroxyl groups is 1. The van der Waals surface area contributed by atoms with Crippen LogP contribution in [0.4, 0.5) is 5.69 Å². The van der Waals surface area contributed by atoms with Crippen molar-refractivity contribution in [3.63, 3.8) is 0 Å². The zero-order valence-electron chi connectivity index (χ0n) is 12.4. The lowest BCUT2D eigenvalue weighted by Gasteiger charge is -2.10. The molecule has 1 atom stereocenters. The lowest BCUT2D eigenvalue weighted by molar-refractivity contribution is -0.389. The van der Waals surface area contributed by atoms with Crippen LogP contribution in [0.25, 0.3) is 5.65 Å². The molecule has 0 aliphatic heterocycles. The molecule has 8 heteroatoms. The number of hydrogen-bond donors (Lipinski definition) is 1. The summed E-state index contributed by atoms with van der Waals surface area (Å²) in [5, 5.41) is 21.5. The van der Waals surface area contributed by atoms with Crippen LogP contribution in [0.15, 0.2) is 64.5 Å². The third-order valence-corrected chi connectivity index (χ3v) is 4.46. The summed E-state index contributed by atoms with van der Waals surface area (Å²) in [4.78, 5) is 27.1. The number of rotatable bonds is 5. The van der Waals surface area contributed by atoms with E-state index in [1.165, 1.54) is 6.20 Å². The second-order valence-corrected chi connectivity index (χ2v) is 6.00. The van der Waals surface area contributed by atoms with Crippen molar-refractivity contribution in [1.29, 1.82) is 0 Å². The molecule has 0 amide bonds. The number of hydrogen-bond acceptors (Lipinski definition) is 6. The summed E-state index contributed by atoms with van der Waals surface area (Å²) in [6.45, 7) is 0. The maximum atomic E-state index is 12.3. The Morgan fingerprint density at radius 1 is 1.21 bits per heavy atom. The molecule has 0 aliphatic carbocycles. The van der Waals surface area contributed by atoms with Gasteiger partial charge >= 0.3 is 11.2 Å². The van der Waals surface area contributed by atoms with Gasteiger partial charge < -0.3 is 5.11 Å². The number of nitrogens with zero attached hydrogens (tertiary/aromatic N) is 3. The van der Waals surface area contributed by atoms with Gasteiger partial charge in [0, 0.05) is 11.9 Å². The molecule has 3 rings (SSSR count). The second kappa shape index (κ2) is 6.81. The van der Waals surface area contributed by atoms with Gasteiger partial charge in [-0.05, 0) is 17.7 Å². The Labute approximate surface area is 140 Å². The zero-order chi connectivity index (χ0) is 17.1. The lowest BCUT2D eigenvalue weighted by Crippen LogP contribution is -2.19. The summed E-state index contributed by atoms with van der Waals surface area (Å²) in [6.07, 6.45) is 0.622. The zero-order valence-corrected chi connectivity index (χ0v) is 13.2. The quantitative estimate of drug-likeness (QED) is 0.331. The summed E-state index contributed by atoms with van der Waals surface area (Å²) < 4.78 is 1.13. The van der Waals surface area contributed by atoms with Crippen LogP contribution in [0.2, 0.25) is 0 Å². The molecule has 0 saturated heterocycles. The van der Waals surface area contributed by atoms with Gasteiger partial charge in [-0.15, -0.1) is 0 Å². The Bertz CT molecular complexity index is 943. The van der Waals surface area contributed by atoms with Crippen molar-refractivity contribution in [2.45, 2.75) is 11.1 Å². The van der Waals surface area contributed by atoms with Gasteiger partial charge in [0.15, 0.2) is 5.03 Å². The molecule has 1 aromatic carbocycles. The highest BCUT2D eigenvalue weighted by atomic mass is 32.2. The van der Waals surface area contributed by atoms with Crippen molar-refractivity contribution in [1.82, 2.24) is 9.38 Å². The molecule has 2 aromatic heterocycles. The fourth-order valence-electron chi connectivity index (χ4n) is 2.25. The van der Waals surface area contributed by atoms with Gasteiger partial charge in [0.1, 0.15) is 5.65 Å². The minimum absolute atomic E-state index is 0.00572. The van der Waals surface area contributed by atoms with Crippen LogP contribution >= 0.6 is 11.8 Å². The third kappa shape index (κ3) is 3.15. The molecule has 0 radical (unpaired) electrons. The highest BCUT2D eigenvalue weighted by Crippen LogP contribution is 2.28. The lowest BCUT2D eigenvalue weighted by atomic mass is 10.1. The van der Waals surface area contributed by atoms with Crippen LogP contribution < -0.4 is 5.56 Å². The minimum Gasteiger partial charge on any atom is -0.388 e. The van der Waals surface area contributed by atoms with Gasteiger partial charge in [-0.2, -0.15) is 0 Å². The Hall–Kier alpha value is -2.71. The molecular formula is C16H13N3O4S. The smallest absolute Gasteiger partial charge is 0.366 e. The fourth-order valence-corrected chi connectivity index (χ4v) is 3.21. The molecule has 7 nitrogen and oxygen atoms in total. The van der Waals surface area contributed by atoms with E-state index in [1.807, 2.05) is 6.07 Å². The van der Waals surface area contributed by atoms with E-state index in [0.717, 1.165) is 16.2 Å². The van der Waals surface area contributed by atoms with Crippen LogP contribution in [-0.2, 0) is 0 Å². The van der Waals surface area contributed by atoms with Gasteiger partial charge in [-0.3, -0.25) is 19.3 Å². The van der Waals surface area contributed by atoms with Crippen molar-refractivity contribution >= 4 is 23.1 Å². The average molecular weight is 343 g/mol. The number of pyridine rings is 1. The molecule has 0 bridgehead atoms. The second-order valence-electron chi connectivity index (χ2n) is 4.99. The first-order chi connectivity index (χ1) is 11.6. The van der Waals surface area contributed by atoms with E-state index in [1.54, 1.807) is 42.5 Å². The van der Waals surface area contributed by atoms with Crippen molar-refractivity contribution in [2.24, 2.45) is 0 Å². The van der Waals surface area contributed by atoms with E-state index in [2.05, 4.69) is 4.98 Å². The number of benzene rings is 1. The first-order valence-electron chi connectivity index (χ1n) is 7.09. The topological polar surface area (TPSA) is 97.7 Å². The largest absolute Gasteiger partial charge is 0.388 e. The van der Waals surface area contributed by atoms with Gasteiger partial charge in [0.25, 0.3) is 0 Å². The van der Waals surface area contributed by atoms with Crippen LogP contribution in [-0.4, -0.2) is 25.2 Å². The normalized spacial score (nSPS) is 12.2. The number of fused-ring (bicyclic) bond motifs is 1. The first-order valence-corrected chi connectivity index (χ1v) is 8.08. The summed E-state index contributed by atoms with van der Waals surface area (Å²) in [5.41, 5.74) is -0.291. The maximum Gasteiger partial charge on any atom is 0.366 e. The van der Waals surface area contributed by atoms with Gasteiger partial charge in [0.05, 0.1) is 11.0 Å². The highest BCUT2D eigenvalue weighted by molar-refractivity contribution is 7.99. The Morgan fingerprint density at radius 3 is 2.62 bits per heavy atom. The molecule has 24 heavy (non-hydrogen) atoms. The van der Waals surface area contributed by atoms with E-state index in [9.17, 15) is 20.0 Å². The number of aromatic nitrogens is 2. The van der Waals surface area contributed by atoms with Crippen LogP contribution in [0.5, 0.6) is 0 Å². The SMILES string of the molecule is O=c1c([N+](=O)[O-])c(SCC(O)c2ccccc2)nc2ccccn12. The van der Waals surface area contributed by atoms with E-state index in [0.29, 0.717) is 11.2 Å². The molecular weight excluding hydrogens is 330 g/mol. The van der Waals surface area contributed by atoms with Crippen LogP contribution in [0, 0.1) is 10.1 Å². The maximum absolute atomic E-state index is 12.3. The first kappa shape index (κ1) is 16.2. The number of thioether (sulfide) groups is 1. The molecule has 1 unspecified atom stereocenters. The third-order valence-electron chi connectivity index (χ3n) is 3.42. The molecule has 0 aliphatic rings. The van der Waals surface area contributed by atoms with Gasteiger partial charge in [0.2, 0.25) is 0 Å². The van der Waals surface area contributed by atoms with E-state index >= 15 is 0 Å². The standard InChI is InChI=1S/C16H13N3O4S/c20-12(11-6-2-1-3-7-11)10-24-15-14(19(22)23)16(21)18-9-5-4-8-13(18)17-15/h1-9,12,20H,10H2. The number of nitro groups is 1. The predicted octanol–water partition coefficient (Wildman–Crippen LogP) is 2.43. The molecule has 3 aromatic rings. The summed E-state index contributed by atoms with van der Waals surface area (Å²) in [5.74, 6) is 0.153. The number of aliphatic hydroxyl groups excluding tert-OH is 1. The average Bonchev–Trinajstić information content (AvgIpc) is 2.60. The summed E-state index contributed by atoms with van der Waals surface area (Å²) in [7, 11) is 0. The summed E-state index contributed by atoms with van der Waals surface area (Å²) in [6, 6.07) is 13.9. The van der Waals surface area contributed by atoms with E-state index in [4.69, 9.17) is 0 Å². The molecule has 0 spiro atoms. The Kier molecular flexibility index (Phi) is 4.59. The molecule has 2 heterocycles. The molecule has 1 N–H and O–H groups in total. The van der Waals surface area contributed by atoms with Crippen molar-refractivity contribution < 1.29 is 10.0 Å². The van der Waals surface area contributed by atoms with Crippen molar-refractivity contribution in [3.05, 3.63) is 80.8 Å². The summed E-state index contributed by atoms with van der Waals surface area (Å²) >= 11 is 0.991.